The molecule has 2 aromatic heterocycles. The standard InChI is InChI=1S/C15H23N7O2S/c1-4-20(2)14-8-15(17-11-16-14)21-5-6-22-13(10-21)7-12(19-22)9-18-25(3,23)24/h7-8,11,18H,4-6,9-10H2,1-3H3. The van der Waals surface area contributed by atoms with E-state index in [0.717, 1.165) is 48.9 Å². The van der Waals surface area contributed by atoms with Crippen molar-refractivity contribution in [1.29, 1.82) is 0 Å². The van der Waals surface area contributed by atoms with Crippen molar-refractivity contribution >= 4 is 21.7 Å². The fourth-order valence-corrected chi connectivity index (χ4v) is 3.10. The van der Waals surface area contributed by atoms with Gasteiger partial charge in [-0.15, -0.1) is 0 Å². The van der Waals surface area contributed by atoms with E-state index >= 15 is 0 Å². The van der Waals surface area contributed by atoms with Gasteiger partial charge in [0, 0.05) is 26.2 Å². The van der Waals surface area contributed by atoms with Crippen LogP contribution < -0.4 is 14.5 Å². The molecule has 9 nitrogen and oxygen atoms in total. The van der Waals surface area contributed by atoms with Gasteiger partial charge in [0.25, 0.3) is 0 Å². The number of anilines is 2. The van der Waals surface area contributed by atoms with Crippen LogP contribution >= 0.6 is 0 Å². The molecule has 0 atom stereocenters. The topological polar surface area (TPSA) is 96.2 Å². The number of fused-ring (bicyclic) bond motifs is 1. The Labute approximate surface area is 147 Å². The van der Waals surface area contributed by atoms with Gasteiger partial charge in [0.2, 0.25) is 10.0 Å². The van der Waals surface area contributed by atoms with E-state index in [0.29, 0.717) is 6.54 Å². The van der Waals surface area contributed by atoms with Crippen LogP contribution in [0, 0.1) is 0 Å². The van der Waals surface area contributed by atoms with Crippen LogP contribution in [0.2, 0.25) is 0 Å². The highest BCUT2D eigenvalue weighted by Crippen LogP contribution is 2.22. The van der Waals surface area contributed by atoms with Crippen LogP contribution in [0.5, 0.6) is 0 Å². The Morgan fingerprint density at radius 3 is 2.80 bits per heavy atom. The zero-order valence-electron chi connectivity index (χ0n) is 14.7. The highest BCUT2D eigenvalue weighted by Gasteiger charge is 2.20. The maximum absolute atomic E-state index is 11.2. The Hall–Kier alpha value is -2.20. The molecule has 0 aromatic carbocycles. The first kappa shape index (κ1) is 17.6. The predicted molar refractivity (Wildman–Crippen MR) is 95.9 cm³/mol. The van der Waals surface area contributed by atoms with Crippen LogP contribution in [0.1, 0.15) is 18.3 Å². The lowest BCUT2D eigenvalue weighted by Crippen LogP contribution is -2.34. The lowest BCUT2D eigenvalue weighted by Gasteiger charge is -2.29. The lowest BCUT2D eigenvalue weighted by atomic mass is 10.2. The quantitative estimate of drug-likeness (QED) is 0.781. The molecule has 2 aromatic rings. The largest absolute Gasteiger partial charge is 0.360 e. The summed E-state index contributed by atoms with van der Waals surface area (Å²) in [7, 11) is -1.23. The second-order valence-electron chi connectivity index (χ2n) is 6.11. The molecule has 0 spiro atoms. The number of rotatable bonds is 6. The monoisotopic (exact) mass is 365 g/mol. The first-order valence-corrected chi connectivity index (χ1v) is 10.0. The van der Waals surface area contributed by atoms with Crippen LogP contribution in [0.15, 0.2) is 18.5 Å². The molecular weight excluding hydrogens is 342 g/mol. The van der Waals surface area contributed by atoms with Crippen LogP contribution in [0.25, 0.3) is 0 Å². The first-order chi connectivity index (χ1) is 11.9. The van der Waals surface area contributed by atoms with E-state index in [1.807, 2.05) is 23.9 Å². The van der Waals surface area contributed by atoms with Crippen molar-refractivity contribution in [2.75, 3.05) is 36.2 Å². The number of sulfonamides is 1. The SMILES string of the molecule is CCN(C)c1cc(N2CCn3nc(CNS(C)(=O)=O)cc3C2)ncn1. The zero-order valence-corrected chi connectivity index (χ0v) is 15.5. The molecule has 3 rings (SSSR count). The van der Waals surface area contributed by atoms with Gasteiger partial charge in [0.1, 0.15) is 18.0 Å². The van der Waals surface area contributed by atoms with Gasteiger partial charge in [0.15, 0.2) is 0 Å². The molecule has 0 saturated heterocycles. The summed E-state index contributed by atoms with van der Waals surface area (Å²) in [5.74, 6) is 1.78. The summed E-state index contributed by atoms with van der Waals surface area (Å²) in [6.07, 6.45) is 2.73. The summed E-state index contributed by atoms with van der Waals surface area (Å²) in [6.45, 7) is 5.36. The van der Waals surface area contributed by atoms with Crippen molar-refractivity contribution in [3.05, 3.63) is 29.8 Å². The molecule has 0 aliphatic carbocycles. The Kier molecular flexibility index (Phi) is 4.91. The van der Waals surface area contributed by atoms with Crippen molar-refractivity contribution in [2.24, 2.45) is 0 Å². The van der Waals surface area contributed by atoms with Gasteiger partial charge in [-0.05, 0) is 13.0 Å². The summed E-state index contributed by atoms with van der Waals surface area (Å²) in [6, 6.07) is 3.92. The van der Waals surface area contributed by atoms with Crippen LogP contribution in [0.4, 0.5) is 11.6 Å². The van der Waals surface area contributed by atoms with E-state index < -0.39 is 10.0 Å². The molecule has 25 heavy (non-hydrogen) atoms. The Bertz CT molecular complexity index is 849. The Balaban J connectivity index is 1.74. The van der Waals surface area contributed by atoms with Gasteiger partial charge in [-0.1, -0.05) is 0 Å². The Morgan fingerprint density at radius 2 is 2.08 bits per heavy atom. The minimum absolute atomic E-state index is 0.206. The van der Waals surface area contributed by atoms with Crippen molar-refractivity contribution in [1.82, 2.24) is 24.5 Å². The van der Waals surface area contributed by atoms with Gasteiger partial charge in [0.05, 0.1) is 37.3 Å². The third-order valence-electron chi connectivity index (χ3n) is 4.19. The summed E-state index contributed by atoms with van der Waals surface area (Å²) in [5, 5.41) is 4.46. The summed E-state index contributed by atoms with van der Waals surface area (Å²) < 4.78 is 26.8. The molecule has 10 heteroatoms. The van der Waals surface area contributed by atoms with Gasteiger partial charge >= 0.3 is 0 Å². The van der Waals surface area contributed by atoms with Crippen molar-refractivity contribution in [3.8, 4) is 0 Å². The van der Waals surface area contributed by atoms with Gasteiger partial charge < -0.3 is 9.80 Å². The molecule has 0 bridgehead atoms. The molecule has 0 saturated carbocycles. The molecule has 1 N–H and O–H groups in total. The fourth-order valence-electron chi connectivity index (χ4n) is 2.69. The van der Waals surface area contributed by atoms with E-state index in [1.165, 1.54) is 0 Å². The Morgan fingerprint density at radius 1 is 1.28 bits per heavy atom. The van der Waals surface area contributed by atoms with E-state index in [1.54, 1.807) is 6.33 Å². The average Bonchev–Trinajstić information content (AvgIpc) is 3.01. The van der Waals surface area contributed by atoms with Crippen molar-refractivity contribution in [2.45, 2.75) is 26.6 Å². The van der Waals surface area contributed by atoms with E-state index in [9.17, 15) is 8.42 Å². The maximum atomic E-state index is 11.2. The van der Waals surface area contributed by atoms with Crippen LogP contribution in [0.3, 0.4) is 0 Å². The molecule has 0 fully saturated rings. The second kappa shape index (κ2) is 6.96. The predicted octanol–water partition coefficient (Wildman–Crippen LogP) is 0.199. The third-order valence-corrected chi connectivity index (χ3v) is 4.86. The average molecular weight is 365 g/mol. The summed E-state index contributed by atoms with van der Waals surface area (Å²) >= 11 is 0. The molecule has 0 radical (unpaired) electrons. The molecule has 1 aliphatic heterocycles. The third kappa shape index (κ3) is 4.26. The summed E-state index contributed by atoms with van der Waals surface area (Å²) in [4.78, 5) is 12.9. The van der Waals surface area contributed by atoms with Gasteiger partial charge in [-0.25, -0.2) is 23.1 Å². The highest BCUT2D eigenvalue weighted by atomic mass is 32.2. The molecule has 0 unspecified atom stereocenters. The fraction of sp³-hybridized carbons (Fsp3) is 0.533. The second-order valence-corrected chi connectivity index (χ2v) is 7.95. The van der Waals surface area contributed by atoms with Gasteiger partial charge in [-0.2, -0.15) is 5.10 Å². The molecule has 3 heterocycles. The number of nitrogens with zero attached hydrogens (tertiary/aromatic N) is 6. The van der Waals surface area contributed by atoms with Crippen molar-refractivity contribution < 1.29 is 8.42 Å². The van der Waals surface area contributed by atoms with Crippen LogP contribution in [-0.4, -0.2) is 54.6 Å². The number of aromatic nitrogens is 4. The number of hydrogen-bond acceptors (Lipinski definition) is 7. The van der Waals surface area contributed by atoms with Crippen molar-refractivity contribution in [3.63, 3.8) is 0 Å². The highest BCUT2D eigenvalue weighted by molar-refractivity contribution is 7.88. The maximum Gasteiger partial charge on any atom is 0.209 e. The van der Waals surface area contributed by atoms with Gasteiger partial charge in [-0.3, -0.25) is 4.68 Å². The smallest absolute Gasteiger partial charge is 0.209 e. The zero-order chi connectivity index (χ0) is 18.0. The molecule has 0 amide bonds. The normalized spacial score (nSPS) is 14.4. The molecule has 1 aliphatic rings. The van der Waals surface area contributed by atoms with Crippen LogP contribution in [-0.2, 0) is 29.7 Å². The first-order valence-electron chi connectivity index (χ1n) is 8.14. The number of nitrogens with one attached hydrogen (secondary N) is 1. The van der Waals surface area contributed by atoms with E-state index in [4.69, 9.17) is 0 Å². The minimum Gasteiger partial charge on any atom is -0.360 e. The molecule has 136 valence electrons. The lowest BCUT2D eigenvalue weighted by molar-refractivity contribution is 0.512. The minimum atomic E-state index is -3.22. The van der Waals surface area contributed by atoms with E-state index in [2.05, 4.69) is 36.5 Å². The number of hydrogen-bond donors (Lipinski definition) is 1. The summed E-state index contributed by atoms with van der Waals surface area (Å²) in [5.41, 5.74) is 1.76. The molecular formula is C15H23N7O2S. The van der Waals surface area contributed by atoms with E-state index in [-0.39, 0.29) is 6.54 Å².